The molecule has 0 rings (SSSR count). The Balaban J connectivity index is 3.97. The van der Waals surface area contributed by atoms with E-state index in [-0.39, 0.29) is 5.41 Å². The lowest BCUT2D eigenvalue weighted by atomic mass is 9.94. The number of hydrogen-bond acceptors (Lipinski definition) is 7. The number of nitrogens with zero attached hydrogens (tertiary/aromatic N) is 6. The second-order valence-corrected chi connectivity index (χ2v) is 5.85. The van der Waals surface area contributed by atoms with Gasteiger partial charge in [-0.05, 0) is 11.1 Å². The molecule has 0 heterocycles. The molecule has 11 nitrogen and oxygen atoms in total. The van der Waals surface area contributed by atoms with Gasteiger partial charge in [-0.2, -0.15) is 0 Å². The average molecular weight is 386 g/mol. The molecule has 0 spiro atoms. The minimum absolute atomic E-state index is 0.308. The summed E-state index contributed by atoms with van der Waals surface area (Å²) < 4.78 is 27.5. The Morgan fingerprint density at radius 2 is 1.22 bits per heavy atom. The fraction of sp³-hybridized carbons (Fsp3) is 0.875. The SMILES string of the molecule is C=CCOCC(C)(COCCOCCN=[N+]=[N-])COCCOCCN=[N+]=[N-]. The highest BCUT2D eigenvalue weighted by molar-refractivity contribution is 4.75. The van der Waals surface area contributed by atoms with Crippen LogP contribution >= 0.6 is 0 Å². The molecule has 0 aromatic heterocycles. The summed E-state index contributed by atoms with van der Waals surface area (Å²) in [7, 11) is 0. The summed E-state index contributed by atoms with van der Waals surface area (Å²) in [6, 6.07) is 0. The molecule has 0 aromatic rings. The van der Waals surface area contributed by atoms with Gasteiger partial charge >= 0.3 is 0 Å². The standard InChI is InChI=1S/C16H30N6O5/c1-3-6-25-13-16(2,14-26-11-9-23-7-4-19-21-17)15-27-12-10-24-8-5-20-22-18/h3H,1,4-15H2,2H3. The molecule has 11 heteroatoms. The van der Waals surface area contributed by atoms with Gasteiger partial charge in [0, 0.05) is 28.3 Å². The Morgan fingerprint density at radius 1 is 0.778 bits per heavy atom. The zero-order valence-electron chi connectivity index (χ0n) is 16.0. The van der Waals surface area contributed by atoms with Gasteiger partial charge in [0.2, 0.25) is 0 Å². The van der Waals surface area contributed by atoms with Gasteiger partial charge in [0.25, 0.3) is 0 Å². The third-order valence-electron chi connectivity index (χ3n) is 3.13. The van der Waals surface area contributed by atoms with Crippen LogP contribution in [0, 0.1) is 5.41 Å². The van der Waals surface area contributed by atoms with Gasteiger partial charge in [-0.3, -0.25) is 0 Å². The normalized spacial score (nSPS) is 12.6. The van der Waals surface area contributed by atoms with Crippen LogP contribution < -0.4 is 0 Å². The van der Waals surface area contributed by atoms with Crippen molar-refractivity contribution in [3.8, 4) is 0 Å². The second kappa shape index (κ2) is 18.9. The van der Waals surface area contributed by atoms with Gasteiger partial charge in [-0.1, -0.05) is 23.2 Å². The molecule has 154 valence electrons. The van der Waals surface area contributed by atoms with Crippen molar-refractivity contribution in [1.82, 2.24) is 0 Å². The minimum atomic E-state index is -0.320. The van der Waals surface area contributed by atoms with Crippen LogP contribution in [0.5, 0.6) is 0 Å². The molecular formula is C16H30N6O5. The number of hydrogen-bond donors (Lipinski definition) is 0. The predicted octanol–water partition coefficient (Wildman–Crippen LogP) is 2.88. The van der Waals surface area contributed by atoms with E-state index in [9.17, 15) is 0 Å². The molecule has 0 saturated heterocycles. The largest absolute Gasteiger partial charge is 0.379 e. The molecule has 0 aliphatic rings. The van der Waals surface area contributed by atoms with E-state index in [0.29, 0.717) is 79.2 Å². The Morgan fingerprint density at radius 3 is 1.67 bits per heavy atom. The first-order valence-electron chi connectivity index (χ1n) is 8.70. The molecule has 0 aliphatic heterocycles. The number of rotatable bonds is 20. The summed E-state index contributed by atoms with van der Waals surface area (Å²) in [6.07, 6.45) is 1.69. The van der Waals surface area contributed by atoms with Crippen molar-refractivity contribution in [3.05, 3.63) is 33.5 Å². The van der Waals surface area contributed by atoms with Gasteiger partial charge in [-0.25, -0.2) is 0 Å². The first-order valence-corrected chi connectivity index (χ1v) is 8.70. The van der Waals surface area contributed by atoms with E-state index in [4.69, 9.17) is 34.7 Å². The van der Waals surface area contributed by atoms with E-state index >= 15 is 0 Å². The van der Waals surface area contributed by atoms with E-state index in [2.05, 4.69) is 26.6 Å². The number of azide groups is 2. The summed E-state index contributed by atoms with van der Waals surface area (Å²) in [5, 5.41) is 6.77. The average Bonchev–Trinajstić information content (AvgIpc) is 2.66. The predicted molar refractivity (Wildman–Crippen MR) is 100 cm³/mol. The quantitative estimate of drug-likeness (QED) is 0.104. The molecule has 0 bridgehead atoms. The van der Waals surface area contributed by atoms with Crippen molar-refractivity contribution in [1.29, 1.82) is 0 Å². The maximum atomic E-state index is 8.16. The van der Waals surface area contributed by atoms with Crippen molar-refractivity contribution in [2.45, 2.75) is 6.92 Å². The molecule has 27 heavy (non-hydrogen) atoms. The van der Waals surface area contributed by atoms with E-state index < -0.39 is 0 Å². The Bertz CT molecular complexity index is 434. The Kier molecular flexibility index (Phi) is 17.6. The van der Waals surface area contributed by atoms with Gasteiger partial charge in [-0.15, -0.1) is 6.58 Å². The van der Waals surface area contributed by atoms with E-state index in [1.807, 2.05) is 6.92 Å². The maximum absolute atomic E-state index is 8.16. The fourth-order valence-electron chi connectivity index (χ4n) is 1.89. The zero-order valence-corrected chi connectivity index (χ0v) is 16.0. The lowest BCUT2D eigenvalue weighted by Crippen LogP contribution is -2.35. The summed E-state index contributed by atoms with van der Waals surface area (Å²) >= 11 is 0. The second-order valence-electron chi connectivity index (χ2n) is 5.85. The molecule has 0 fully saturated rings. The summed E-state index contributed by atoms with van der Waals surface area (Å²) in [6.45, 7) is 10.5. The van der Waals surface area contributed by atoms with Gasteiger partial charge < -0.3 is 23.7 Å². The van der Waals surface area contributed by atoms with Crippen molar-refractivity contribution < 1.29 is 23.7 Å². The lowest BCUT2D eigenvalue weighted by Gasteiger charge is -2.29. The van der Waals surface area contributed by atoms with Crippen LogP contribution in [-0.2, 0) is 23.7 Å². The summed E-state index contributed by atoms with van der Waals surface area (Å²) in [5.74, 6) is 0. The highest BCUT2D eigenvalue weighted by atomic mass is 16.5. The molecule has 0 N–H and O–H groups in total. The molecule has 0 aliphatic carbocycles. The Labute approximate surface area is 159 Å². The lowest BCUT2D eigenvalue weighted by molar-refractivity contribution is -0.0703. The third-order valence-corrected chi connectivity index (χ3v) is 3.13. The van der Waals surface area contributed by atoms with Gasteiger partial charge in [0.1, 0.15) is 0 Å². The van der Waals surface area contributed by atoms with Crippen LogP contribution in [0.2, 0.25) is 0 Å². The van der Waals surface area contributed by atoms with Gasteiger partial charge in [0.05, 0.1) is 66.1 Å². The molecule has 0 radical (unpaired) electrons. The fourth-order valence-corrected chi connectivity index (χ4v) is 1.89. The molecule has 0 amide bonds. The van der Waals surface area contributed by atoms with Crippen LogP contribution in [0.25, 0.3) is 20.9 Å². The van der Waals surface area contributed by atoms with E-state index in [1.54, 1.807) is 6.08 Å². The molecule has 0 saturated carbocycles. The first kappa shape index (κ1) is 25.2. The van der Waals surface area contributed by atoms with Crippen LogP contribution in [0.3, 0.4) is 0 Å². The monoisotopic (exact) mass is 386 g/mol. The maximum Gasteiger partial charge on any atom is 0.0700 e. The van der Waals surface area contributed by atoms with E-state index in [0.717, 1.165) is 0 Å². The highest BCUT2D eigenvalue weighted by Gasteiger charge is 2.25. The molecular weight excluding hydrogens is 356 g/mol. The van der Waals surface area contributed by atoms with Crippen molar-refractivity contribution in [2.24, 2.45) is 15.6 Å². The van der Waals surface area contributed by atoms with Crippen molar-refractivity contribution in [3.63, 3.8) is 0 Å². The molecule has 0 aromatic carbocycles. The Hall–Kier alpha value is -1.84. The van der Waals surface area contributed by atoms with E-state index in [1.165, 1.54) is 0 Å². The zero-order chi connectivity index (χ0) is 20.1. The van der Waals surface area contributed by atoms with Gasteiger partial charge in [0.15, 0.2) is 0 Å². The van der Waals surface area contributed by atoms with Crippen LogP contribution in [-0.4, -0.2) is 79.2 Å². The van der Waals surface area contributed by atoms with Crippen LogP contribution in [0.1, 0.15) is 6.92 Å². The first-order chi connectivity index (χ1) is 13.2. The molecule has 0 unspecified atom stereocenters. The smallest absolute Gasteiger partial charge is 0.0700 e. The topological polar surface area (TPSA) is 144 Å². The third kappa shape index (κ3) is 17.3. The van der Waals surface area contributed by atoms with Crippen LogP contribution in [0.15, 0.2) is 22.9 Å². The van der Waals surface area contributed by atoms with Crippen molar-refractivity contribution >= 4 is 0 Å². The van der Waals surface area contributed by atoms with Crippen molar-refractivity contribution in [2.75, 3.05) is 79.2 Å². The van der Waals surface area contributed by atoms with Crippen LogP contribution in [0.4, 0.5) is 0 Å². The summed E-state index contributed by atoms with van der Waals surface area (Å²) in [4.78, 5) is 5.30. The summed E-state index contributed by atoms with van der Waals surface area (Å²) in [5.41, 5.74) is 16.0. The number of ether oxygens (including phenoxy) is 5. The molecule has 0 atom stereocenters. The minimum Gasteiger partial charge on any atom is -0.379 e. The highest BCUT2D eigenvalue weighted by Crippen LogP contribution is 2.18.